The Labute approximate surface area is 139 Å². The van der Waals surface area contributed by atoms with E-state index >= 15 is 0 Å². The minimum Gasteiger partial charge on any atom is -0.479 e. The molecule has 2 amide bonds. The molecule has 4 atom stereocenters. The van der Waals surface area contributed by atoms with Crippen LogP contribution in [-0.2, 0) is 14.4 Å². The van der Waals surface area contributed by atoms with Gasteiger partial charge in [0.15, 0.2) is 5.54 Å². The number of hydrogen-bond donors (Lipinski definition) is 3. The molecule has 0 aromatic rings. The predicted molar refractivity (Wildman–Crippen MR) is 85.4 cm³/mol. The smallest absolute Gasteiger partial charge is 0.331 e. The van der Waals surface area contributed by atoms with Crippen molar-refractivity contribution in [3.63, 3.8) is 0 Å². The molecule has 0 aromatic heterocycles. The molecule has 3 rings (SSSR count). The van der Waals surface area contributed by atoms with Gasteiger partial charge in [-0.2, -0.15) is 0 Å². The second-order valence-corrected chi connectivity index (χ2v) is 9.13. The van der Waals surface area contributed by atoms with Gasteiger partial charge in [0.25, 0.3) is 0 Å². The quantitative estimate of drug-likeness (QED) is 0.632. The maximum atomic E-state index is 12.5. The molecule has 2 heterocycles. The maximum absolute atomic E-state index is 12.5. The SMILES string of the molecule is CC1(C)S[C@@H]2CC(=O)N2[C@@]1(C(=O)O)C1CCCCC1(N)C(N)=O. The van der Waals surface area contributed by atoms with Gasteiger partial charge in [0.05, 0.1) is 11.8 Å². The molecule has 5 N–H and O–H groups in total. The first-order valence-corrected chi connectivity index (χ1v) is 8.79. The second kappa shape index (κ2) is 4.86. The molecule has 2 saturated heterocycles. The van der Waals surface area contributed by atoms with E-state index in [1.54, 1.807) is 0 Å². The van der Waals surface area contributed by atoms with Crippen molar-refractivity contribution in [3.05, 3.63) is 0 Å². The summed E-state index contributed by atoms with van der Waals surface area (Å²) < 4.78 is -0.752. The van der Waals surface area contributed by atoms with E-state index in [9.17, 15) is 19.5 Å². The van der Waals surface area contributed by atoms with Gasteiger partial charge in [-0.3, -0.25) is 9.59 Å². The van der Waals surface area contributed by atoms with Crippen LogP contribution in [0, 0.1) is 5.92 Å². The van der Waals surface area contributed by atoms with Gasteiger partial charge in [0.1, 0.15) is 5.54 Å². The molecule has 8 heteroatoms. The minimum absolute atomic E-state index is 0.160. The van der Waals surface area contributed by atoms with Crippen molar-refractivity contribution in [2.75, 3.05) is 0 Å². The normalized spacial score (nSPS) is 42.0. The fourth-order valence-electron chi connectivity index (χ4n) is 4.80. The van der Waals surface area contributed by atoms with E-state index in [4.69, 9.17) is 11.5 Å². The van der Waals surface area contributed by atoms with Crippen LogP contribution in [0.25, 0.3) is 0 Å². The van der Waals surface area contributed by atoms with Crippen molar-refractivity contribution in [3.8, 4) is 0 Å². The highest BCUT2D eigenvalue weighted by Crippen LogP contribution is 2.62. The summed E-state index contributed by atoms with van der Waals surface area (Å²) in [6, 6.07) is 0. The summed E-state index contributed by atoms with van der Waals surface area (Å²) in [4.78, 5) is 38.3. The third-order valence-corrected chi connectivity index (χ3v) is 7.43. The Balaban J connectivity index is 2.19. The second-order valence-electron chi connectivity index (χ2n) is 7.33. The Hall–Kier alpha value is -1.28. The van der Waals surface area contributed by atoms with Crippen LogP contribution in [0.3, 0.4) is 0 Å². The molecule has 0 radical (unpaired) electrons. The Kier molecular flexibility index (Phi) is 3.50. The van der Waals surface area contributed by atoms with Crippen LogP contribution in [0.4, 0.5) is 0 Å². The highest BCUT2D eigenvalue weighted by atomic mass is 32.2. The zero-order valence-electron chi connectivity index (χ0n) is 13.4. The standard InChI is InChI=1S/C15H23N3O4S/c1-13(2)15(12(21)22,18-9(19)7-10(18)23-13)8-5-3-4-6-14(8,17)11(16)20/h8,10H,3-7,17H2,1-2H3,(H2,16,20)(H,21,22)/t8?,10-,14?,15-/m1/s1. The number of hydrogen-bond acceptors (Lipinski definition) is 5. The summed E-state index contributed by atoms with van der Waals surface area (Å²) in [6.07, 6.45) is 2.68. The molecule has 0 aromatic carbocycles. The van der Waals surface area contributed by atoms with Gasteiger partial charge < -0.3 is 21.5 Å². The van der Waals surface area contributed by atoms with Crippen molar-refractivity contribution < 1.29 is 19.5 Å². The van der Waals surface area contributed by atoms with Gasteiger partial charge in [-0.05, 0) is 26.7 Å². The Morgan fingerprint density at radius 2 is 2.00 bits per heavy atom. The number of rotatable bonds is 3. The van der Waals surface area contributed by atoms with E-state index in [1.165, 1.54) is 16.7 Å². The lowest BCUT2D eigenvalue weighted by atomic mass is 9.59. The molecule has 0 bridgehead atoms. The van der Waals surface area contributed by atoms with E-state index in [1.807, 2.05) is 13.8 Å². The monoisotopic (exact) mass is 341 g/mol. The Morgan fingerprint density at radius 3 is 2.52 bits per heavy atom. The molecule has 2 unspecified atom stereocenters. The van der Waals surface area contributed by atoms with Gasteiger partial charge in [-0.15, -0.1) is 11.8 Å². The van der Waals surface area contributed by atoms with Crippen LogP contribution in [0.1, 0.15) is 46.0 Å². The third-order valence-electron chi connectivity index (χ3n) is 5.88. The largest absolute Gasteiger partial charge is 0.479 e. The summed E-state index contributed by atoms with van der Waals surface area (Å²) in [7, 11) is 0. The summed E-state index contributed by atoms with van der Waals surface area (Å²) in [5, 5.41) is 10.0. The molecule has 128 valence electrons. The number of carboxylic acid groups (broad SMARTS) is 1. The number of fused-ring (bicyclic) bond motifs is 1. The van der Waals surface area contributed by atoms with Crippen LogP contribution in [0.15, 0.2) is 0 Å². The van der Waals surface area contributed by atoms with Gasteiger partial charge in [-0.25, -0.2) is 4.79 Å². The third kappa shape index (κ3) is 1.85. The molecule has 3 aliphatic rings. The highest BCUT2D eigenvalue weighted by molar-refractivity contribution is 8.01. The van der Waals surface area contributed by atoms with E-state index in [-0.39, 0.29) is 11.3 Å². The molecular weight excluding hydrogens is 318 g/mol. The fourth-order valence-corrected chi connectivity index (χ4v) is 6.60. The number of thioether (sulfide) groups is 1. The van der Waals surface area contributed by atoms with Crippen LogP contribution in [0.2, 0.25) is 0 Å². The summed E-state index contributed by atoms with van der Waals surface area (Å²) in [6.45, 7) is 3.65. The van der Waals surface area contributed by atoms with E-state index < -0.39 is 33.6 Å². The number of amides is 2. The number of carboxylic acids is 1. The molecule has 23 heavy (non-hydrogen) atoms. The molecule has 2 aliphatic heterocycles. The van der Waals surface area contributed by atoms with Crippen molar-refractivity contribution in [2.45, 2.75) is 67.2 Å². The zero-order chi connectivity index (χ0) is 17.2. The van der Waals surface area contributed by atoms with Crippen molar-refractivity contribution in [2.24, 2.45) is 17.4 Å². The van der Waals surface area contributed by atoms with E-state index in [0.717, 1.165) is 12.8 Å². The van der Waals surface area contributed by atoms with Crippen molar-refractivity contribution in [1.82, 2.24) is 4.90 Å². The van der Waals surface area contributed by atoms with Crippen LogP contribution >= 0.6 is 11.8 Å². The van der Waals surface area contributed by atoms with Crippen LogP contribution in [0.5, 0.6) is 0 Å². The van der Waals surface area contributed by atoms with Gasteiger partial charge in [-0.1, -0.05) is 12.8 Å². The van der Waals surface area contributed by atoms with Gasteiger partial charge >= 0.3 is 5.97 Å². The predicted octanol–water partition coefficient (Wildman–Crippen LogP) is 0.267. The number of carbonyl (C=O) groups excluding carboxylic acids is 2. The lowest BCUT2D eigenvalue weighted by Gasteiger charge is -2.55. The number of β-lactam (4-membered cyclic amide) rings is 1. The van der Waals surface area contributed by atoms with Crippen LogP contribution in [-0.4, -0.2) is 49.0 Å². The summed E-state index contributed by atoms with van der Waals surface area (Å²) in [5.41, 5.74) is 9.03. The first-order valence-electron chi connectivity index (χ1n) is 7.91. The molecule has 7 nitrogen and oxygen atoms in total. The molecule has 3 fully saturated rings. The first-order chi connectivity index (χ1) is 10.6. The molecule has 0 spiro atoms. The average molecular weight is 341 g/mol. The average Bonchev–Trinajstić information content (AvgIpc) is 2.62. The number of carbonyl (C=O) groups is 3. The lowest BCUT2D eigenvalue weighted by Crippen LogP contribution is -2.77. The molecule has 1 aliphatic carbocycles. The van der Waals surface area contributed by atoms with E-state index in [0.29, 0.717) is 19.3 Å². The Morgan fingerprint density at radius 1 is 1.35 bits per heavy atom. The summed E-state index contributed by atoms with van der Waals surface area (Å²) >= 11 is 1.48. The maximum Gasteiger partial charge on any atom is 0.331 e. The summed E-state index contributed by atoms with van der Waals surface area (Å²) in [5.74, 6) is -2.64. The van der Waals surface area contributed by atoms with Crippen LogP contribution < -0.4 is 11.5 Å². The minimum atomic E-state index is -1.50. The number of nitrogens with two attached hydrogens (primary N) is 2. The van der Waals surface area contributed by atoms with Crippen molar-refractivity contribution >= 4 is 29.5 Å². The van der Waals surface area contributed by atoms with Crippen molar-refractivity contribution in [1.29, 1.82) is 0 Å². The van der Waals surface area contributed by atoms with Gasteiger partial charge in [0, 0.05) is 10.7 Å². The first kappa shape index (κ1) is 16.6. The number of primary amides is 1. The van der Waals surface area contributed by atoms with Gasteiger partial charge in [0.2, 0.25) is 11.8 Å². The fraction of sp³-hybridized carbons (Fsp3) is 0.800. The molecular formula is C15H23N3O4S. The number of aliphatic carboxylic acids is 1. The van der Waals surface area contributed by atoms with E-state index in [2.05, 4.69) is 0 Å². The highest BCUT2D eigenvalue weighted by Gasteiger charge is 2.75. The molecule has 1 saturated carbocycles. The lowest BCUT2D eigenvalue weighted by molar-refractivity contribution is -0.179. The topological polar surface area (TPSA) is 127 Å². The zero-order valence-corrected chi connectivity index (χ0v) is 14.2. The Bertz CT molecular complexity index is 595. The number of nitrogens with zero attached hydrogens (tertiary/aromatic N) is 1.